The molecule has 1 saturated heterocycles. The lowest BCUT2D eigenvalue weighted by molar-refractivity contribution is -0.384. The Labute approximate surface area is 222 Å². The van der Waals surface area contributed by atoms with Gasteiger partial charge in [-0.1, -0.05) is 37.8 Å². The number of hydrogen-bond donors (Lipinski definition) is 1. The Balaban J connectivity index is 1.68. The fraction of sp³-hybridized carbons (Fsp3) is 0.448. The first-order valence-corrected chi connectivity index (χ1v) is 13.4. The van der Waals surface area contributed by atoms with Gasteiger partial charge in [0.1, 0.15) is 23.6 Å². The fourth-order valence-corrected chi connectivity index (χ4v) is 5.95. The highest BCUT2D eigenvalue weighted by Crippen LogP contribution is 2.42. The minimum absolute atomic E-state index is 0.0671. The first-order chi connectivity index (χ1) is 18.5. The summed E-state index contributed by atoms with van der Waals surface area (Å²) in [4.78, 5) is 29.3. The van der Waals surface area contributed by atoms with Gasteiger partial charge in [-0.3, -0.25) is 14.9 Å². The van der Waals surface area contributed by atoms with E-state index in [0.717, 1.165) is 43.4 Å². The third-order valence-corrected chi connectivity index (χ3v) is 7.88. The highest BCUT2D eigenvalue weighted by atomic mass is 16.6. The molecule has 1 amide bonds. The molecule has 1 aliphatic carbocycles. The van der Waals surface area contributed by atoms with Gasteiger partial charge < -0.3 is 19.9 Å². The van der Waals surface area contributed by atoms with E-state index in [4.69, 9.17) is 4.74 Å². The first-order valence-electron chi connectivity index (χ1n) is 13.4. The number of carbonyl (C=O) groups is 1. The number of nitrogens with one attached hydrogen (secondary N) is 1. The summed E-state index contributed by atoms with van der Waals surface area (Å²) < 4.78 is 5.30. The number of benzene rings is 2. The van der Waals surface area contributed by atoms with E-state index in [1.807, 2.05) is 24.3 Å². The summed E-state index contributed by atoms with van der Waals surface area (Å²) in [6.45, 7) is 0.922. The number of nitrogens with zero attached hydrogens (tertiary/aromatic N) is 4. The van der Waals surface area contributed by atoms with Gasteiger partial charge in [0.25, 0.3) is 5.69 Å². The predicted octanol–water partition coefficient (Wildman–Crippen LogP) is 5.12. The number of allylic oxidation sites excluding steroid dienone is 1. The zero-order chi connectivity index (χ0) is 26.6. The molecule has 0 spiro atoms. The van der Waals surface area contributed by atoms with Crippen LogP contribution in [0.5, 0.6) is 5.75 Å². The van der Waals surface area contributed by atoms with E-state index in [2.05, 4.69) is 16.3 Å². The highest BCUT2D eigenvalue weighted by Gasteiger charge is 2.42. The predicted molar refractivity (Wildman–Crippen MR) is 144 cm³/mol. The Kier molecular flexibility index (Phi) is 7.50. The smallest absolute Gasteiger partial charge is 0.270 e. The zero-order valence-electron chi connectivity index (χ0n) is 21.7. The molecule has 1 atom stereocenters. The standard InChI is InChI=1S/C29H33N5O4/c1-38-23-13-10-20(11-14-23)19-33-28(25(18-30)31-21-7-4-2-3-5-8-21)24-17-22(34(36)37)12-15-26(24)32-16-6-9-27(32)29(33)35/h10-15,17,21,27,31H,2-9,16,19H2,1H3/b28-25-/t27-/m0/s1. The van der Waals surface area contributed by atoms with E-state index in [1.165, 1.54) is 25.0 Å². The lowest BCUT2D eigenvalue weighted by Crippen LogP contribution is -2.43. The second-order valence-corrected chi connectivity index (χ2v) is 10.3. The van der Waals surface area contributed by atoms with Gasteiger partial charge >= 0.3 is 0 Å². The molecule has 0 unspecified atom stereocenters. The SMILES string of the molecule is COc1ccc(CN2C(=O)[C@@H]3CCCN3c3ccc([N+](=O)[O-])cc3/C2=C(\C#N)NC2CCCCCC2)cc1. The van der Waals surface area contributed by atoms with Crippen molar-refractivity contribution in [3.8, 4) is 11.8 Å². The van der Waals surface area contributed by atoms with E-state index in [1.54, 1.807) is 18.1 Å². The molecule has 198 valence electrons. The molecule has 1 saturated carbocycles. The Morgan fingerprint density at radius 1 is 1.11 bits per heavy atom. The molecule has 38 heavy (non-hydrogen) atoms. The van der Waals surface area contributed by atoms with Gasteiger partial charge in [0.05, 0.1) is 24.3 Å². The van der Waals surface area contributed by atoms with Gasteiger partial charge in [-0.2, -0.15) is 5.26 Å². The van der Waals surface area contributed by atoms with Crippen molar-refractivity contribution in [2.75, 3.05) is 18.6 Å². The number of nitro groups is 1. The minimum atomic E-state index is -0.426. The van der Waals surface area contributed by atoms with Crippen LogP contribution in [0, 0.1) is 21.4 Å². The minimum Gasteiger partial charge on any atom is -0.497 e. The highest BCUT2D eigenvalue weighted by molar-refractivity contribution is 5.99. The number of anilines is 1. The summed E-state index contributed by atoms with van der Waals surface area (Å²) >= 11 is 0. The van der Waals surface area contributed by atoms with E-state index in [9.17, 15) is 20.2 Å². The molecule has 0 radical (unpaired) electrons. The molecule has 9 heteroatoms. The molecule has 0 aromatic heterocycles. The summed E-state index contributed by atoms with van der Waals surface area (Å²) in [5.41, 5.74) is 2.83. The third-order valence-electron chi connectivity index (χ3n) is 7.88. The van der Waals surface area contributed by atoms with Crippen molar-refractivity contribution in [3.63, 3.8) is 0 Å². The summed E-state index contributed by atoms with van der Waals surface area (Å²) in [6, 6.07) is 14.3. The van der Waals surface area contributed by atoms with Crippen LogP contribution in [-0.4, -0.2) is 41.5 Å². The molecule has 2 aliphatic heterocycles. The number of hydrogen-bond acceptors (Lipinski definition) is 7. The van der Waals surface area contributed by atoms with E-state index >= 15 is 0 Å². The maximum absolute atomic E-state index is 14.2. The fourth-order valence-electron chi connectivity index (χ4n) is 5.95. The second-order valence-electron chi connectivity index (χ2n) is 10.3. The van der Waals surface area contributed by atoms with Gasteiger partial charge in [-0.15, -0.1) is 0 Å². The molecule has 2 aromatic rings. The summed E-state index contributed by atoms with van der Waals surface area (Å²) in [6.07, 6.45) is 7.95. The molecular formula is C29H33N5O4. The number of ether oxygens (including phenoxy) is 1. The van der Waals surface area contributed by atoms with E-state index < -0.39 is 4.92 Å². The third kappa shape index (κ3) is 5.03. The Morgan fingerprint density at radius 3 is 2.50 bits per heavy atom. The van der Waals surface area contributed by atoms with Crippen molar-refractivity contribution in [2.45, 2.75) is 70.0 Å². The number of carbonyl (C=O) groups excluding carboxylic acids is 1. The van der Waals surface area contributed by atoms with Crippen LogP contribution in [0.25, 0.3) is 5.70 Å². The number of fused-ring (bicyclic) bond motifs is 3. The van der Waals surface area contributed by atoms with Crippen molar-refractivity contribution >= 4 is 23.0 Å². The van der Waals surface area contributed by atoms with Crippen molar-refractivity contribution in [3.05, 3.63) is 69.4 Å². The van der Waals surface area contributed by atoms with Crippen LogP contribution in [0.1, 0.15) is 62.5 Å². The van der Waals surface area contributed by atoms with Crippen molar-refractivity contribution in [1.29, 1.82) is 5.26 Å². The van der Waals surface area contributed by atoms with Crippen LogP contribution in [0.15, 0.2) is 48.2 Å². The Hall–Kier alpha value is -4.06. The van der Waals surface area contributed by atoms with Gasteiger partial charge in [0.2, 0.25) is 5.91 Å². The largest absolute Gasteiger partial charge is 0.497 e. The van der Waals surface area contributed by atoms with Gasteiger partial charge in [-0.05, 0) is 49.4 Å². The van der Waals surface area contributed by atoms with Crippen molar-refractivity contribution < 1.29 is 14.5 Å². The van der Waals surface area contributed by atoms with Crippen molar-refractivity contribution in [2.24, 2.45) is 0 Å². The molecular weight excluding hydrogens is 482 g/mol. The summed E-state index contributed by atoms with van der Waals surface area (Å²) in [5.74, 6) is 0.616. The van der Waals surface area contributed by atoms with Crippen LogP contribution in [0.2, 0.25) is 0 Å². The average molecular weight is 516 g/mol. The average Bonchev–Trinajstić information content (AvgIpc) is 3.24. The van der Waals surface area contributed by atoms with Crippen LogP contribution >= 0.6 is 0 Å². The lowest BCUT2D eigenvalue weighted by atomic mass is 10.0. The van der Waals surface area contributed by atoms with Crippen LogP contribution in [-0.2, 0) is 11.3 Å². The van der Waals surface area contributed by atoms with Crippen LogP contribution < -0.4 is 15.0 Å². The number of rotatable bonds is 6. The van der Waals surface area contributed by atoms with E-state index in [0.29, 0.717) is 35.7 Å². The first kappa shape index (κ1) is 25.6. The number of amides is 1. The normalized spacial score (nSPS) is 21.1. The van der Waals surface area contributed by atoms with Gasteiger partial charge in [-0.25, -0.2) is 0 Å². The maximum atomic E-state index is 14.2. The molecule has 1 N–H and O–H groups in total. The van der Waals surface area contributed by atoms with Gasteiger partial charge in [0, 0.05) is 36.0 Å². The van der Waals surface area contributed by atoms with Gasteiger partial charge in [0.15, 0.2) is 0 Å². The topological polar surface area (TPSA) is 112 Å². The second kappa shape index (κ2) is 11.1. The lowest BCUT2D eigenvalue weighted by Gasteiger charge is -2.29. The monoisotopic (exact) mass is 515 g/mol. The number of non-ortho nitro benzene ring substituents is 1. The molecule has 5 rings (SSSR count). The Bertz CT molecular complexity index is 1270. The quantitative estimate of drug-likeness (QED) is 0.246. The van der Waals surface area contributed by atoms with E-state index in [-0.39, 0.29) is 30.2 Å². The van der Waals surface area contributed by atoms with Crippen molar-refractivity contribution in [1.82, 2.24) is 10.2 Å². The Morgan fingerprint density at radius 2 is 1.84 bits per heavy atom. The molecule has 9 nitrogen and oxygen atoms in total. The molecule has 0 bridgehead atoms. The molecule has 2 heterocycles. The number of nitro benzene ring substituents is 1. The summed E-state index contributed by atoms with van der Waals surface area (Å²) in [5, 5.41) is 25.7. The number of methoxy groups -OCH3 is 1. The van der Waals surface area contributed by atoms with Crippen LogP contribution in [0.4, 0.5) is 11.4 Å². The molecule has 2 aromatic carbocycles. The molecule has 2 fully saturated rings. The maximum Gasteiger partial charge on any atom is 0.270 e. The molecule has 3 aliphatic rings. The summed E-state index contributed by atoms with van der Waals surface area (Å²) in [7, 11) is 1.60. The zero-order valence-corrected chi connectivity index (χ0v) is 21.7. The number of nitriles is 1. The van der Waals surface area contributed by atoms with Crippen LogP contribution in [0.3, 0.4) is 0 Å².